The molecule has 2 aromatic rings. The average molecular weight is 468 g/mol. The second-order valence-electron chi connectivity index (χ2n) is 10.3. The second kappa shape index (κ2) is 8.87. The quantitative estimate of drug-likeness (QED) is 0.271. The molecule has 2 heterocycles. The molecule has 0 radical (unpaired) electrons. The lowest BCUT2D eigenvalue weighted by molar-refractivity contribution is -0.217. The maximum atomic E-state index is 9.00. The van der Waals surface area contributed by atoms with Gasteiger partial charge in [0.2, 0.25) is 0 Å². The van der Waals surface area contributed by atoms with Crippen LogP contribution in [0.5, 0.6) is 0 Å². The summed E-state index contributed by atoms with van der Waals surface area (Å²) >= 11 is 0. The lowest BCUT2D eigenvalue weighted by atomic mass is 10.1. The Hall–Kier alpha value is -2.19. The van der Waals surface area contributed by atoms with Crippen molar-refractivity contribution in [2.75, 3.05) is 0 Å². The molecule has 0 unspecified atom stereocenters. The fourth-order valence-corrected chi connectivity index (χ4v) is 9.64. The Morgan fingerprint density at radius 2 is 1.48 bits per heavy atom. The Morgan fingerprint density at radius 1 is 0.970 bits per heavy atom. The maximum Gasteiger partial charge on any atom is 0.264 e. The zero-order valence-electron chi connectivity index (χ0n) is 20.1. The van der Waals surface area contributed by atoms with Crippen LogP contribution in [0.4, 0.5) is 0 Å². The van der Waals surface area contributed by atoms with Crippen molar-refractivity contribution in [3.63, 3.8) is 0 Å². The highest BCUT2D eigenvalue weighted by Gasteiger charge is 2.61. The lowest BCUT2D eigenvalue weighted by Gasteiger charge is -2.45. The van der Waals surface area contributed by atoms with Gasteiger partial charge < -0.3 is 18.6 Å². The van der Waals surface area contributed by atoms with E-state index in [1.54, 1.807) is 0 Å². The molecule has 7 nitrogen and oxygen atoms in total. The number of hydrogen-bond acceptors (Lipinski definition) is 5. The molecule has 176 valence electrons. The van der Waals surface area contributed by atoms with Gasteiger partial charge in [0, 0.05) is 4.91 Å². The molecule has 0 N–H and O–H groups in total. The molecule has 2 aliphatic rings. The molecule has 8 heteroatoms. The fraction of sp³-hybridized carbons (Fsp3) is 0.520. The fourth-order valence-electron chi connectivity index (χ4n) is 5.09. The summed E-state index contributed by atoms with van der Waals surface area (Å²) in [5.41, 5.74) is 9.00. The van der Waals surface area contributed by atoms with E-state index >= 15 is 0 Å². The van der Waals surface area contributed by atoms with Crippen LogP contribution in [0.2, 0.25) is 5.04 Å². The van der Waals surface area contributed by atoms with E-state index in [9.17, 15) is 0 Å². The van der Waals surface area contributed by atoms with E-state index in [1.165, 1.54) is 0 Å². The summed E-state index contributed by atoms with van der Waals surface area (Å²) in [5, 5.41) is 6.00. The van der Waals surface area contributed by atoms with Crippen molar-refractivity contribution in [1.29, 1.82) is 0 Å². The molecule has 2 fully saturated rings. The minimum absolute atomic E-state index is 0.210. The highest BCUT2D eigenvalue weighted by atomic mass is 28.4. The Morgan fingerprint density at radius 3 is 1.97 bits per heavy atom. The van der Waals surface area contributed by atoms with Gasteiger partial charge in [-0.05, 0) is 34.8 Å². The van der Waals surface area contributed by atoms with Gasteiger partial charge >= 0.3 is 0 Å². The number of nitrogens with zero attached hydrogens (tertiary/aromatic N) is 3. The summed E-state index contributed by atoms with van der Waals surface area (Å²) in [5.74, 6) is -0.777. The van der Waals surface area contributed by atoms with Crippen LogP contribution in [0.1, 0.15) is 41.5 Å². The SMILES string of the molecule is C[C@H](N=[N+]=[N-])[C@@H]1O[C@@H](O[Si](c2ccccc2)(c2ccccc2)C(C)(C)C)[C@@H]2OC(C)(C)O[C@H]12. The molecule has 0 spiro atoms. The number of hydrogen-bond donors (Lipinski definition) is 0. The van der Waals surface area contributed by atoms with Crippen LogP contribution < -0.4 is 10.4 Å². The first-order valence-corrected chi connectivity index (χ1v) is 13.3. The topological polar surface area (TPSA) is 85.7 Å². The van der Waals surface area contributed by atoms with Gasteiger partial charge in [0.1, 0.15) is 12.2 Å². The minimum Gasteiger partial charge on any atom is -0.381 e. The van der Waals surface area contributed by atoms with E-state index in [-0.39, 0.29) is 11.1 Å². The first kappa shape index (κ1) is 23.9. The molecular weight excluding hydrogens is 434 g/mol. The minimum atomic E-state index is -2.87. The van der Waals surface area contributed by atoms with Crippen molar-refractivity contribution in [1.82, 2.24) is 0 Å². The molecule has 0 bridgehead atoms. The third kappa shape index (κ3) is 4.35. The molecule has 4 rings (SSSR count). The molecule has 33 heavy (non-hydrogen) atoms. The summed E-state index contributed by atoms with van der Waals surface area (Å²) in [6.07, 6.45) is -1.94. The molecule has 0 aliphatic carbocycles. The van der Waals surface area contributed by atoms with Gasteiger partial charge in [-0.2, -0.15) is 0 Å². The van der Waals surface area contributed by atoms with E-state index in [0.29, 0.717) is 0 Å². The largest absolute Gasteiger partial charge is 0.381 e. The standard InChI is InChI=1S/C25H33N3O4Si/c1-17(27-28-26)20-21-22(31-25(5,6)30-21)23(29-20)32-33(24(2,3)4,18-13-9-7-10-14-18)19-15-11-8-12-16-19/h7-17,20-23H,1-6H3/t17-,20-,21+,22+,23-/m0/s1. The van der Waals surface area contributed by atoms with Crippen molar-refractivity contribution in [2.24, 2.45) is 5.11 Å². The first-order valence-electron chi connectivity index (χ1n) is 11.4. The van der Waals surface area contributed by atoms with Gasteiger partial charge in [0.25, 0.3) is 8.32 Å². The zero-order valence-corrected chi connectivity index (χ0v) is 21.1. The predicted molar refractivity (Wildman–Crippen MR) is 130 cm³/mol. The van der Waals surface area contributed by atoms with Crippen molar-refractivity contribution in [3.8, 4) is 0 Å². The van der Waals surface area contributed by atoms with E-state index in [4.69, 9.17) is 24.2 Å². The summed E-state index contributed by atoms with van der Waals surface area (Å²) in [4.78, 5) is 2.98. The van der Waals surface area contributed by atoms with Gasteiger partial charge in [0.05, 0.1) is 12.1 Å². The molecule has 2 aliphatic heterocycles. The Kier molecular flexibility index (Phi) is 6.44. The van der Waals surface area contributed by atoms with E-state index in [1.807, 2.05) is 32.9 Å². The van der Waals surface area contributed by atoms with Gasteiger partial charge in [0.15, 0.2) is 12.1 Å². The van der Waals surface area contributed by atoms with Gasteiger partial charge in [-0.25, -0.2) is 0 Å². The van der Waals surface area contributed by atoms with Gasteiger partial charge in [-0.1, -0.05) is 93.5 Å². The third-order valence-electron chi connectivity index (χ3n) is 6.47. The lowest BCUT2D eigenvalue weighted by Crippen LogP contribution is -2.68. The summed E-state index contributed by atoms with van der Waals surface area (Å²) in [6.45, 7) is 12.3. The van der Waals surface area contributed by atoms with Gasteiger partial charge in [-0.3, -0.25) is 0 Å². The van der Waals surface area contributed by atoms with Crippen molar-refractivity contribution in [3.05, 3.63) is 71.1 Å². The van der Waals surface area contributed by atoms with E-state index < -0.39 is 38.6 Å². The Labute approximate surface area is 196 Å². The van der Waals surface area contributed by atoms with Crippen LogP contribution in [0.15, 0.2) is 65.8 Å². The van der Waals surface area contributed by atoms with Crippen LogP contribution in [-0.4, -0.2) is 44.7 Å². The molecule has 0 aromatic heterocycles. The van der Waals surface area contributed by atoms with Crippen molar-refractivity contribution >= 4 is 18.7 Å². The zero-order chi connectivity index (χ0) is 23.9. The normalized spacial score (nSPS) is 27.6. The van der Waals surface area contributed by atoms with Gasteiger partial charge in [-0.15, -0.1) is 0 Å². The monoisotopic (exact) mass is 467 g/mol. The smallest absolute Gasteiger partial charge is 0.264 e. The van der Waals surface area contributed by atoms with Crippen LogP contribution in [0.3, 0.4) is 0 Å². The maximum absolute atomic E-state index is 9.00. The molecule has 2 saturated heterocycles. The first-order chi connectivity index (χ1) is 15.6. The highest BCUT2D eigenvalue weighted by molar-refractivity contribution is 6.99. The number of rotatable bonds is 6. The number of azide groups is 1. The second-order valence-corrected chi connectivity index (χ2v) is 14.5. The molecule has 0 saturated carbocycles. The predicted octanol–water partition coefficient (Wildman–Crippen LogP) is 4.51. The average Bonchev–Trinajstić information content (AvgIpc) is 3.25. The summed E-state index contributed by atoms with van der Waals surface area (Å²) in [6, 6.07) is 20.4. The van der Waals surface area contributed by atoms with Crippen LogP contribution in [-0.2, 0) is 18.6 Å². The highest BCUT2D eigenvalue weighted by Crippen LogP contribution is 2.44. The summed E-state index contributed by atoms with van der Waals surface area (Å²) in [7, 11) is -2.87. The van der Waals surface area contributed by atoms with Crippen LogP contribution in [0, 0.1) is 0 Å². The van der Waals surface area contributed by atoms with Crippen molar-refractivity contribution in [2.45, 2.75) is 83.0 Å². The molecule has 0 amide bonds. The molecule has 2 aromatic carbocycles. The molecular formula is C25H33N3O4Si. The number of benzene rings is 2. The number of ether oxygens (including phenoxy) is 3. The van der Waals surface area contributed by atoms with E-state index in [2.05, 4.69) is 79.3 Å². The third-order valence-corrected chi connectivity index (χ3v) is 11.5. The van der Waals surface area contributed by atoms with Crippen molar-refractivity contribution < 1.29 is 18.6 Å². The molecule has 5 atom stereocenters. The number of fused-ring (bicyclic) bond motifs is 1. The Balaban J connectivity index is 1.82. The van der Waals surface area contributed by atoms with E-state index in [0.717, 1.165) is 10.4 Å². The van der Waals surface area contributed by atoms with Crippen LogP contribution >= 0.6 is 0 Å². The van der Waals surface area contributed by atoms with Crippen LogP contribution in [0.25, 0.3) is 10.4 Å². The summed E-state index contributed by atoms with van der Waals surface area (Å²) < 4.78 is 26.1. The Bertz CT molecular complexity index is 966.